The zero-order valence-corrected chi connectivity index (χ0v) is 13.5. The Hall–Kier alpha value is -3.48. The highest BCUT2D eigenvalue weighted by Crippen LogP contribution is 2.09. The van der Waals surface area contributed by atoms with Crippen LogP contribution < -0.4 is 10.9 Å². The van der Waals surface area contributed by atoms with Gasteiger partial charge in [-0.25, -0.2) is 9.97 Å². The van der Waals surface area contributed by atoms with Gasteiger partial charge in [0.05, 0.1) is 23.1 Å². The number of aromatic amines is 1. The van der Waals surface area contributed by atoms with Gasteiger partial charge in [-0.3, -0.25) is 9.59 Å². The number of fused-ring (bicyclic) bond motifs is 2. The van der Waals surface area contributed by atoms with Crippen molar-refractivity contribution in [2.45, 2.75) is 13.5 Å². The van der Waals surface area contributed by atoms with Gasteiger partial charge in [0.2, 0.25) is 0 Å². The van der Waals surface area contributed by atoms with E-state index in [4.69, 9.17) is 0 Å². The van der Waals surface area contributed by atoms with Crippen LogP contribution >= 0.6 is 0 Å². The Morgan fingerprint density at radius 1 is 1.16 bits per heavy atom. The summed E-state index contributed by atoms with van der Waals surface area (Å²) in [4.78, 5) is 35.6. The first kappa shape index (κ1) is 15.1. The fourth-order valence-electron chi connectivity index (χ4n) is 2.73. The molecule has 25 heavy (non-hydrogen) atoms. The number of benzene rings is 1. The number of nitrogens with one attached hydrogen (secondary N) is 2. The van der Waals surface area contributed by atoms with Gasteiger partial charge in [-0.1, -0.05) is 18.2 Å². The summed E-state index contributed by atoms with van der Waals surface area (Å²) in [6.45, 7) is 2.23. The van der Waals surface area contributed by atoms with Gasteiger partial charge in [0, 0.05) is 11.9 Å². The van der Waals surface area contributed by atoms with Crippen LogP contribution in [0.5, 0.6) is 0 Å². The van der Waals surface area contributed by atoms with Crippen LogP contribution in [0.3, 0.4) is 0 Å². The van der Waals surface area contributed by atoms with E-state index in [-0.39, 0.29) is 17.9 Å². The highest BCUT2D eigenvalue weighted by Gasteiger charge is 2.12. The second-order valence-corrected chi connectivity index (χ2v) is 5.74. The number of H-pyrrole nitrogens is 1. The van der Waals surface area contributed by atoms with Crippen LogP contribution in [0.15, 0.2) is 53.5 Å². The van der Waals surface area contributed by atoms with E-state index in [1.165, 1.54) is 0 Å². The van der Waals surface area contributed by atoms with Crippen molar-refractivity contribution >= 4 is 22.5 Å². The van der Waals surface area contributed by atoms with E-state index in [2.05, 4.69) is 20.3 Å². The summed E-state index contributed by atoms with van der Waals surface area (Å²) in [5.41, 5.74) is 2.76. The molecule has 0 unspecified atom stereocenters. The monoisotopic (exact) mass is 333 g/mol. The molecule has 0 radical (unpaired) electrons. The van der Waals surface area contributed by atoms with E-state index in [1.54, 1.807) is 24.3 Å². The number of amides is 1. The maximum Gasteiger partial charge on any atom is 0.287 e. The molecule has 0 aliphatic carbocycles. The highest BCUT2D eigenvalue weighted by molar-refractivity contribution is 5.92. The number of nitrogens with zero attached hydrogens (tertiary/aromatic N) is 3. The second-order valence-electron chi connectivity index (χ2n) is 5.74. The van der Waals surface area contributed by atoms with Gasteiger partial charge in [0.15, 0.2) is 5.82 Å². The third kappa shape index (κ3) is 2.76. The van der Waals surface area contributed by atoms with Crippen molar-refractivity contribution in [1.29, 1.82) is 0 Å². The fraction of sp³-hybridized carbons (Fsp3) is 0.111. The van der Waals surface area contributed by atoms with Crippen molar-refractivity contribution < 1.29 is 4.79 Å². The van der Waals surface area contributed by atoms with Gasteiger partial charge in [0.1, 0.15) is 5.65 Å². The lowest BCUT2D eigenvalue weighted by Gasteiger charge is -2.03. The molecule has 4 rings (SSSR count). The summed E-state index contributed by atoms with van der Waals surface area (Å²) in [6.07, 6.45) is 1.88. The largest absolute Gasteiger partial charge is 0.344 e. The van der Waals surface area contributed by atoms with Crippen LogP contribution in [0, 0.1) is 6.92 Å². The van der Waals surface area contributed by atoms with E-state index in [1.807, 2.05) is 35.7 Å². The third-order valence-electron chi connectivity index (χ3n) is 4.00. The van der Waals surface area contributed by atoms with Crippen LogP contribution in [0.1, 0.15) is 22.0 Å². The fourth-order valence-corrected chi connectivity index (χ4v) is 2.73. The molecule has 0 saturated carbocycles. The molecule has 7 nitrogen and oxygen atoms in total. The van der Waals surface area contributed by atoms with Crippen molar-refractivity contribution in [2.24, 2.45) is 0 Å². The van der Waals surface area contributed by atoms with Gasteiger partial charge in [0.25, 0.3) is 11.5 Å². The van der Waals surface area contributed by atoms with Crippen LogP contribution in [-0.4, -0.2) is 25.3 Å². The van der Waals surface area contributed by atoms with Gasteiger partial charge in [-0.2, -0.15) is 0 Å². The average Bonchev–Trinajstić information content (AvgIpc) is 3.04. The van der Waals surface area contributed by atoms with Crippen LogP contribution in [0.25, 0.3) is 16.6 Å². The molecule has 2 N–H and O–H groups in total. The topological polar surface area (TPSA) is 92.2 Å². The predicted octanol–water partition coefficient (Wildman–Crippen LogP) is 1.81. The second kappa shape index (κ2) is 5.86. The minimum atomic E-state index is -0.448. The molecule has 0 saturated heterocycles. The molecule has 0 aliphatic heterocycles. The first-order valence-electron chi connectivity index (χ1n) is 7.83. The Kier molecular flexibility index (Phi) is 3.53. The van der Waals surface area contributed by atoms with E-state index < -0.39 is 5.91 Å². The van der Waals surface area contributed by atoms with Crippen molar-refractivity contribution in [2.75, 3.05) is 0 Å². The lowest BCUT2D eigenvalue weighted by atomic mass is 10.2. The molecule has 3 heterocycles. The standard InChI is InChI=1S/C18H15N5O2/c1-11-5-4-8-15-20-12(10-23(11)15)9-19-18(25)16-21-14-7-3-2-6-13(14)17(24)22-16/h2-8,10H,9H2,1H3,(H,19,25)(H,21,22,24). The van der Waals surface area contributed by atoms with Crippen LogP contribution in [-0.2, 0) is 6.54 Å². The summed E-state index contributed by atoms with van der Waals surface area (Å²) in [5, 5.41) is 3.19. The summed E-state index contributed by atoms with van der Waals surface area (Å²) < 4.78 is 1.96. The number of aryl methyl sites for hydroxylation is 1. The molecule has 0 atom stereocenters. The number of carbonyl (C=O) groups is 1. The van der Waals surface area contributed by atoms with E-state index in [0.29, 0.717) is 10.9 Å². The average molecular weight is 333 g/mol. The molecule has 124 valence electrons. The SMILES string of the molecule is Cc1cccc2nc(CNC(=O)c3nc4ccccc4c(=O)[nH]3)cn12. The van der Waals surface area contributed by atoms with Crippen molar-refractivity contribution in [1.82, 2.24) is 24.7 Å². The van der Waals surface area contributed by atoms with E-state index in [0.717, 1.165) is 17.0 Å². The Bertz CT molecular complexity index is 1160. The number of para-hydroxylation sites is 1. The molecule has 0 bridgehead atoms. The smallest absolute Gasteiger partial charge is 0.287 e. The molecule has 4 aromatic rings. The maximum absolute atomic E-state index is 12.3. The number of hydrogen-bond donors (Lipinski definition) is 2. The Balaban J connectivity index is 1.57. The highest BCUT2D eigenvalue weighted by atomic mass is 16.2. The molecule has 7 heteroatoms. The molecular formula is C18H15N5O2. The van der Waals surface area contributed by atoms with Crippen molar-refractivity contribution in [3.8, 4) is 0 Å². The van der Waals surface area contributed by atoms with Gasteiger partial charge >= 0.3 is 0 Å². The quantitative estimate of drug-likeness (QED) is 0.598. The van der Waals surface area contributed by atoms with Crippen LogP contribution in [0.2, 0.25) is 0 Å². The summed E-state index contributed by atoms with van der Waals surface area (Å²) in [5.74, 6) is -0.458. The van der Waals surface area contributed by atoms with Gasteiger partial charge in [-0.15, -0.1) is 0 Å². The maximum atomic E-state index is 12.3. The molecule has 0 aliphatic rings. The zero-order valence-electron chi connectivity index (χ0n) is 13.5. The summed E-state index contributed by atoms with van der Waals surface area (Å²) in [6, 6.07) is 12.7. The molecule has 0 fully saturated rings. The minimum Gasteiger partial charge on any atom is -0.344 e. The third-order valence-corrected chi connectivity index (χ3v) is 4.00. The summed E-state index contributed by atoms with van der Waals surface area (Å²) >= 11 is 0. The van der Waals surface area contributed by atoms with E-state index >= 15 is 0 Å². The zero-order chi connectivity index (χ0) is 17.4. The first-order chi connectivity index (χ1) is 12.1. The Morgan fingerprint density at radius 2 is 2.00 bits per heavy atom. The van der Waals surface area contributed by atoms with Gasteiger partial charge in [-0.05, 0) is 31.2 Å². The van der Waals surface area contributed by atoms with E-state index in [9.17, 15) is 9.59 Å². The molecule has 1 aromatic carbocycles. The molecule has 0 spiro atoms. The van der Waals surface area contributed by atoms with Gasteiger partial charge < -0.3 is 14.7 Å². The number of rotatable bonds is 3. The normalized spacial score (nSPS) is 11.1. The number of aromatic nitrogens is 4. The van der Waals surface area contributed by atoms with Crippen molar-refractivity contribution in [3.05, 3.63) is 76.2 Å². The lowest BCUT2D eigenvalue weighted by molar-refractivity contribution is 0.0940. The lowest BCUT2D eigenvalue weighted by Crippen LogP contribution is -2.27. The Morgan fingerprint density at radius 3 is 2.84 bits per heavy atom. The minimum absolute atomic E-state index is 0.0105. The predicted molar refractivity (Wildman–Crippen MR) is 93.5 cm³/mol. The number of carbonyl (C=O) groups excluding carboxylic acids is 1. The summed E-state index contributed by atoms with van der Waals surface area (Å²) in [7, 11) is 0. The molecule has 1 amide bonds. The molecule has 3 aromatic heterocycles. The van der Waals surface area contributed by atoms with Crippen molar-refractivity contribution in [3.63, 3.8) is 0 Å². The number of imidazole rings is 1. The Labute approximate surface area is 142 Å². The molecular weight excluding hydrogens is 318 g/mol. The number of hydrogen-bond acceptors (Lipinski definition) is 4. The first-order valence-corrected chi connectivity index (χ1v) is 7.83. The number of pyridine rings is 1. The van der Waals surface area contributed by atoms with Crippen LogP contribution in [0.4, 0.5) is 0 Å².